The van der Waals surface area contributed by atoms with E-state index in [2.05, 4.69) is 9.88 Å². The number of fused-ring (bicyclic) bond motifs is 1. The molecule has 2 aromatic rings. The van der Waals surface area contributed by atoms with Crippen molar-refractivity contribution in [3.63, 3.8) is 0 Å². The van der Waals surface area contributed by atoms with Crippen LogP contribution in [0.2, 0.25) is 0 Å². The van der Waals surface area contributed by atoms with Crippen molar-refractivity contribution < 1.29 is 19.1 Å². The van der Waals surface area contributed by atoms with E-state index in [0.717, 1.165) is 23.4 Å². The zero-order valence-corrected chi connectivity index (χ0v) is 17.6. The fourth-order valence-corrected chi connectivity index (χ4v) is 4.30. The lowest BCUT2D eigenvalue weighted by molar-refractivity contribution is -0.118. The van der Waals surface area contributed by atoms with Crippen molar-refractivity contribution in [1.82, 2.24) is 14.9 Å². The van der Waals surface area contributed by atoms with Crippen molar-refractivity contribution in [2.45, 2.75) is 25.7 Å². The minimum Gasteiger partial charge on any atom is -0.497 e. The van der Waals surface area contributed by atoms with Crippen molar-refractivity contribution in [3.8, 4) is 11.5 Å². The van der Waals surface area contributed by atoms with Gasteiger partial charge in [-0.25, -0.2) is 9.97 Å². The van der Waals surface area contributed by atoms with Crippen molar-refractivity contribution >= 4 is 18.1 Å². The van der Waals surface area contributed by atoms with Crippen molar-refractivity contribution in [2.24, 2.45) is 0 Å². The topological polar surface area (TPSA) is 84.9 Å². The molecule has 1 aromatic heterocycles. The summed E-state index contributed by atoms with van der Waals surface area (Å²) in [7, 11) is 3.24. The monoisotopic (exact) mass is 410 g/mol. The highest BCUT2D eigenvalue weighted by atomic mass is 16.5. The molecule has 1 atom stereocenters. The predicted molar refractivity (Wildman–Crippen MR) is 112 cm³/mol. The first-order chi connectivity index (χ1) is 14.5. The summed E-state index contributed by atoms with van der Waals surface area (Å²) >= 11 is 0. The van der Waals surface area contributed by atoms with Crippen molar-refractivity contribution in [3.05, 3.63) is 40.7 Å². The molecule has 2 aliphatic rings. The van der Waals surface area contributed by atoms with E-state index in [1.54, 1.807) is 19.1 Å². The van der Waals surface area contributed by atoms with E-state index >= 15 is 0 Å². The summed E-state index contributed by atoms with van der Waals surface area (Å²) in [5.41, 5.74) is 3.14. The number of anilines is 1. The highest BCUT2D eigenvalue weighted by molar-refractivity contribution is 5.99. The van der Waals surface area contributed by atoms with Gasteiger partial charge in [0.05, 0.1) is 31.2 Å². The lowest BCUT2D eigenvalue weighted by Gasteiger charge is -2.33. The number of piperazine rings is 1. The lowest BCUT2D eigenvalue weighted by Crippen LogP contribution is -2.46. The predicted octanol–water partition coefficient (Wildman–Crippen LogP) is 1.99. The molecule has 30 heavy (non-hydrogen) atoms. The molecule has 0 bridgehead atoms. The Morgan fingerprint density at radius 2 is 1.83 bits per heavy atom. The van der Waals surface area contributed by atoms with Crippen LogP contribution in [0.3, 0.4) is 0 Å². The Balaban J connectivity index is 1.64. The van der Waals surface area contributed by atoms with Crippen LogP contribution >= 0.6 is 0 Å². The van der Waals surface area contributed by atoms with Gasteiger partial charge in [0, 0.05) is 44.6 Å². The van der Waals surface area contributed by atoms with Crippen LogP contribution in [-0.2, 0) is 11.2 Å². The van der Waals surface area contributed by atoms with Gasteiger partial charge >= 0.3 is 0 Å². The number of carbonyl (C=O) groups is 2. The average molecular weight is 410 g/mol. The Morgan fingerprint density at radius 3 is 2.50 bits per heavy atom. The number of Topliss-reactive ketones (excluding diaryl/α,β-unsaturated/α-hetero) is 1. The third-order valence-corrected chi connectivity index (χ3v) is 5.93. The number of aromatic nitrogens is 2. The molecule has 0 unspecified atom stereocenters. The summed E-state index contributed by atoms with van der Waals surface area (Å²) in [4.78, 5) is 37.2. The fourth-order valence-electron chi connectivity index (χ4n) is 4.30. The molecular formula is C22H26N4O4. The molecule has 8 heteroatoms. The quantitative estimate of drug-likeness (QED) is 0.697. The SMILES string of the molecule is COc1ccc([C@H]2CC(=O)c3c(C)nc(N4CCN(C=O)CC4)nc3C2)c(OC)c1. The van der Waals surface area contributed by atoms with Crippen LogP contribution in [0.15, 0.2) is 18.2 Å². The Labute approximate surface area is 175 Å². The van der Waals surface area contributed by atoms with E-state index in [-0.39, 0.29) is 11.7 Å². The van der Waals surface area contributed by atoms with E-state index in [4.69, 9.17) is 14.5 Å². The molecule has 0 N–H and O–H groups in total. The van der Waals surface area contributed by atoms with E-state index in [9.17, 15) is 9.59 Å². The van der Waals surface area contributed by atoms with Gasteiger partial charge in [0.25, 0.3) is 0 Å². The van der Waals surface area contributed by atoms with Gasteiger partial charge in [-0.05, 0) is 25.0 Å². The maximum atomic E-state index is 13.0. The van der Waals surface area contributed by atoms with E-state index < -0.39 is 0 Å². The third kappa shape index (κ3) is 3.69. The summed E-state index contributed by atoms with van der Waals surface area (Å²) in [6.07, 6.45) is 1.92. The van der Waals surface area contributed by atoms with Crippen LogP contribution < -0.4 is 14.4 Å². The van der Waals surface area contributed by atoms with Gasteiger partial charge < -0.3 is 19.3 Å². The second-order valence-corrected chi connectivity index (χ2v) is 7.70. The van der Waals surface area contributed by atoms with E-state index in [1.807, 2.05) is 25.1 Å². The molecule has 0 spiro atoms. The minimum atomic E-state index is -0.0140. The van der Waals surface area contributed by atoms with Crippen molar-refractivity contribution in [1.29, 1.82) is 0 Å². The molecular weight excluding hydrogens is 384 g/mol. The highest BCUT2D eigenvalue weighted by Gasteiger charge is 2.32. The van der Waals surface area contributed by atoms with Crippen LogP contribution in [0.1, 0.15) is 39.6 Å². The number of aryl methyl sites for hydroxylation is 1. The van der Waals surface area contributed by atoms with Gasteiger partial charge in [-0.1, -0.05) is 6.07 Å². The number of amides is 1. The first kappa shape index (κ1) is 20.1. The van der Waals surface area contributed by atoms with Gasteiger partial charge in [-0.15, -0.1) is 0 Å². The fraction of sp³-hybridized carbons (Fsp3) is 0.455. The molecule has 4 rings (SSSR count). The maximum Gasteiger partial charge on any atom is 0.225 e. The Bertz CT molecular complexity index is 970. The number of benzene rings is 1. The molecule has 1 aliphatic heterocycles. The molecule has 1 aromatic carbocycles. The standard InChI is InChI=1S/C22H26N4O4/c1-14-21-18(24-22(23-14)26-8-6-25(13-27)7-9-26)10-15(11-19(21)28)17-5-4-16(29-2)12-20(17)30-3/h4-5,12-13,15H,6-11H2,1-3H3/t15-/m1/s1. The molecule has 0 radical (unpaired) electrons. The van der Waals surface area contributed by atoms with Gasteiger partial charge in [0.2, 0.25) is 12.4 Å². The van der Waals surface area contributed by atoms with E-state index in [1.165, 1.54) is 0 Å². The van der Waals surface area contributed by atoms with Gasteiger partial charge in [0.1, 0.15) is 11.5 Å². The second-order valence-electron chi connectivity index (χ2n) is 7.70. The summed E-state index contributed by atoms with van der Waals surface area (Å²) in [5.74, 6) is 2.11. The first-order valence-corrected chi connectivity index (χ1v) is 10.1. The molecule has 1 aliphatic carbocycles. The lowest BCUT2D eigenvalue weighted by atomic mass is 9.81. The third-order valence-electron chi connectivity index (χ3n) is 5.93. The molecule has 1 amide bonds. The van der Waals surface area contributed by atoms with Gasteiger partial charge in [0.15, 0.2) is 5.78 Å². The summed E-state index contributed by atoms with van der Waals surface area (Å²) in [6.45, 7) is 4.53. The normalized spacial score (nSPS) is 18.8. The first-order valence-electron chi connectivity index (χ1n) is 10.1. The van der Waals surface area contributed by atoms with Crippen LogP contribution in [0, 0.1) is 6.92 Å². The number of methoxy groups -OCH3 is 2. The average Bonchev–Trinajstić information content (AvgIpc) is 2.78. The summed E-state index contributed by atoms with van der Waals surface area (Å²) < 4.78 is 10.9. The summed E-state index contributed by atoms with van der Waals surface area (Å²) in [5, 5.41) is 0. The Morgan fingerprint density at radius 1 is 1.07 bits per heavy atom. The number of ketones is 1. The number of ether oxygens (including phenoxy) is 2. The van der Waals surface area contributed by atoms with Crippen molar-refractivity contribution in [2.75, 3.05) is 45.3 Å². The molecule has 0 saturated carbocycles. The van der Waals surface area contributed by atoms with E-state index in [0.29, 0.717) is 62.0 Å². The smallest absolute Gasteiger partial charge is 0.225 e. The van der Waals surface area contributed by atoms with Crippen LogP contribution in [0.4, 0.5) is 5.95 Å². The number of hydrogen-bond donors (Lipinski definition) is 0. The maximum absolute atomic E-state index is 13.0. The number of rotatable bonds is 5. The number of nitrogens with zero attached hydrogens (tertiary/aromatic N) is 4. The Kier molecular flexibility index (Phi) is 5.57. The Hall–Kier alpha value is -3.16. The number of carbonyl (C=O) groups excluding carboxylic acids is 2. The zero-order chi connectivity index (χ0) is 21.3. The minimum absolute atomic E-state index is 0.0140. The van der Waals surface area contributed by atoms with Crippen LogP contribution in [0.5, 0.6) is 11.5 Å². The second kappa shape index (κ2) is 8.30. The summed E-state index contributed by atoms with van der Waals surface area (Å²) in [6, 6.07) is 5.70. The number of hydrogen-bond acceptors (Lipinski definition) is 7. The molecule has 1 saturated heterocycles. The molecule has 1 fully saturated rings. The molecule has 2 heterocycles. The largest absolute Gasteiger partial charge is 0.497 e. The van der Waals surface area contributed by atoms with Crippen LogP contribution in [0.25, 0.3) is 0 Å². The zero-order valence-electron chi connectivity index (χ0n) is 17.6. The molecule has 8 nitrogen and oxygen atoms in total. The highest BCUT2D eigenvalue weighted by Crippen LogP contribution is 2.39. The molecule has 158 valence electrons. The van der Waals surface area contributed by atoms with Gasteiger partial charge in [-0.2, -0.15) is 0 Å². The van der Waals surface area contributed by atoms with Gasteiger partial charge in [-0.3, -0.25) is 9.59 Å². The van der Waals surface area contributed by atoms with Crippen LogP contribution in [-0.4, -0.2) is 67.5 Å².